The van der Waals surface area contributed by atoms with Crippen LogP contribution in [0.1, 0.15) is 23.1 Å². The lowest BCUT2D eigenvalue weighted by atomic mass is 9.97. The van der Waals surface area contributed by atoms with Gasteiger partial charge in [0, 0.05) is 12.6 Å². The third kappa shape index (κ3) is 6.59. The van der Waals surface area contributed by atoms with Crippen LogP contribution in [0.5, 0.6) is 5.75 Å². The maximum atomic E-state index is 11.7. The molecule has 2 N–H and O–H groups in total. The third-order valence-corrected chi connectivity index (χ3v) is 6.24. The van der Waals surface area contributed by atoms with E-state index in [4.69, 9.17) is 4.74 Å². The van der Waals surface area contributed by atoms with Gasteiger partial charge in [0.25, 0.3) is 0 Å². The van der Waals surface area contributed by atoms with Gasteiger partial charge < -0.3 is 15.2 Å². The monoisotopic (exact) mass is 480 g/mol. The Morgan fingerprint density at radius 1 is 1.15 bits per heavy atom. The molecule has 0 amide bonds. The minimum Gasteiger partial charge on any atom is -0.482 e. The Morgan fingerprint density at radius 2 is 1.91 bits per heavy atom. The summed E-state index contributed by atoms with van der Waals surface area (Å²) in [5.74, 6) is -0.0473. The van der Waals surface area contributed by atoms with Crippen LogP contribution in [-0.2, 0) is 17.9 Å². The number of aliphatic carboxylic acids is 1. The largest absolute Gasteiger partial charge is 0.482 e. The molecule has 3 aromatic carbocycles. The molecule has 8 heteroatoms. The van der Waals surface area contributed by atoms with Crippen molar-refractivity contribution in [2.45, 2.75) is 32.5 Å². The molecule has 34 heavy (non-hydrogen) atoms. The molecule has 0 spiro atoms. The normalized spacial score (nSPS) is 11.7. The number of carboxylic acid groups (broad SMARTS) is 1. The van der Waals surface area contributed by atoms with E-state index in [1.807, 2.05) is 61.7 Å². The summed E-state index contributed by atoms with van der Waals surface area (Å²) in [4.78, 5) is 22.6. The molecule has 0 saturated carbocycles. The second-order valence-corrected chi connectivity index (χ2v) is 8.84. The van der Waals surface area contributed by atoms with Crippen molar-refractivity contribution in [3.05, 3.63) is 93.5 Å². The molecule has 3 aromatic rings. The number of carboxylic acids is 1. The molecule has 1 atom stereocenters. The van der Waals surface area contributed by atoms with Crippen molar-refractivity contribution in [1.82, 2.24) is 5.32 Å². The number of thioether (sulfide) groups is 1. The van der Waals surface area contributed by atoms with Crippen molar-refractivity contribution in [1.29, 1.82) is 0 Å². The maximum absolute atomic E-state index is 11.7. The molecule has 3 rings (SSSR count). The fraction of sp³-hybridized carbons (Fsp3) is 0.269. The van der Waals surface area contributed by atoms with E-state index in [1.54, 1.807) is 23.9 Å². The van der Waals surface area contributed by atoms with Gasteiger partial charge in [0.1, 0.15) is 12.6 Å². The number of nitro benzene ring substituents is 1. The Hall–Kier alpha value is -3.36. The van der Waals surface area contributed by atoms with E-state index in [9.17, 15) is 20.0 Å². The predicted octanol–water partition coefficient (Wildman–Crippen LogP) is 5.45. The molecule has 0 fully saturated rings. The lowest BCUT2D eigenvalue weighted by molar-refractivity contribution is -0.386. The van der Waals surface area contributed by atoms with Crippen LogP contribution >= 0.6 is 11.8 Å². The molecule has 0 unspecified atom stereocenters. The number of nitrogens with zero attached hydrogens (tertiary/aromatic N) is 1. The summed E-state index contributed by atoms with van der Waals surface area (Å²) < 4.78 is 5.87. The lowest BCUT2D eigenvalue weighted by Gasteiger charge is -2.15. The van der Waals surface area contributed by atoms with Gasteiger partial charge in [0.2, 0.25) is 0 Å². The average Bonchev–Trinajstić information content (AvgIpc) is 2.84. The standard InChI is InChI=1S/C26H28N2O5S/c1-18-21(9-6-10-22(18)20-7-4-3-5-8-20)17-33-25-12-11-19(15-24(25)28(31)32)16-27-23(26(29)30)13-14-34-2/h3-12,15,23,27H,13-14,16-17H2,1-2H3,(H,29,30)/t23-/m0/s1. The highest BCUT2D eigenvalue weighted by molar-refractivity contribution is 7.98. The van der Waals surface area contributed by atoms with E-state index in [-0.39, 0.29) is 24.6 Å². The van der Waals surface area contributed by atoms with Crippen molar-refractivity contribution in [2.75, 3.05) is 12.0 Å². The molecule has 178 valence electrons. The number of benzene rings is 3. The number of hydrogen-bond acceptors (Lipinski definition) is 6. The Labute approximate surface area is 203 Å². The Morgan fingerprint density at radius 3 is 2.59 bits per heavy atom. The van der Waals surface area contributed by atoms with Gasteiger partial charge >= 0.3 is 11.7 Å². The first-order chi connectivity index (χ1) is 16.4. The first-order valence-corrected chi connectivity index (χ1v) is 12.3. The molecule has 0 aliphatic rings. The predicted molar refractivity (Wildman–Crippen MR) is 135 cm³/mol. The highest BCUT2D eigenvalue weighted by atomic mass is 32.2. The Kier molecular flexibility index (Phi) is 9.07. The minimum atomic E-state index is -0.934. The second-order valence-electron chi connectivity index (χ2n) is 7.86. The summed E-state index contributed by atoms with van der Waals surface area (Å²) in [5.41, 5.74) is 4.67. The Balaban J connectivity index is 1.73. The summed E-state index contributed by atoms with van der Waals surface area (Å²) in [6, 6.07) is 20.0. The summed E-state index contributed by atoms with van der Waals surface area (Å²) in [6.45, 7) is 2.42. The molecule has 0 bridgehead atoms. The zero-order valence-corrected chi connectivity index (χ0v) is 20.0. The fourth-order valence-corrected chi connectivity index (χ4v) is 4.12. The van der Waals surface area contributed by atoms with Gasteiger partial charge in [-0.2, -0.15) is 11.8 Å². The smallest absolute Gasteiger partial charge is 0.320 e. The van der Waals surface area contributed by atoms with Crippen LogP contribution in [0.3, 0.4) is 0 Å². The molecule has 0 radical (unpaired) electrons. The number of ether oxygens (including phenoxy) is 1. The number of nitro groups is 1. The zero-order valence-electron chi connectivity index (χ0n) is 19.2. The van der Waals surface area contributed by atoms with Crippen LogP contribution < -0.4 is 10.1 Å². The summed E-state index contributed by atoms with van der Waals surface area (Å²) in [6.07, 6.45) is 2.39. The lowest BCUT2D eigenvalue weighted by Crippen LogP contribution is -2.36. The van der Waals surface area contributed by atoms with E-state index < -0.39 is 16.9 Å². The van der Waals surface area contributed by atoms with Gasteiger partial charge in [-0.15, -0.1) is 0 Å². The summed E-state index contributed by atoms with van der Waals surface area (Å²) in [7, 11) is 0. The second kappa shape index (κ2) is 12.2. The zero-order chi connectivity index (χ0) is 24.5. The van der Waals surface area contributed by atoms with Gasteiger partial charge in [-0.1, -0.05) is 54.6 Å². The Bertz CT molecular complexity index is 1140. The maximum Gasteiger partial charge on any atom is 0.320 e. The molecular weight excluding hydrogens is 452 g/mol. The molecule has 7 nitrogen and oxygen atoms in total. The van der Waals surface area contributed by atoms with Crippen LogP contribution in [0.2, 0.25) is 0 Å². The van der Waals surface area contributed by atoms with Gasteiger partial charge in [0.15, 0.2) is 5.75 Å². The van der Waals surface area contributed by atoms with E-state index in [2.05, 4.69) is 5.32 Å². The van der Waals surface area contributed by atoms with Gasteiger partial charge in [-0.3, -0.25) is 14.9 Å². The van der Waals surface area contributed by atoms with Crippen molar-refractivity contribution < 1.29 is 19.6 Å². The highest BCUT2D eigenvalue weighted by Crippen LogP contribution is 2.31. The molecule has 0 aliphatic heterocycles. The first-order valence-electron chi connectivity index (χ1n) is 10.9. The molecule has 0 saturated heterocycles. The number of nitrogens with one attached hydrogen (secondary N) is 1. The topological polar surface area (TPSA) is 102 Å². The third-order valence-electron chi connectivity index (χ3n) is 5.60. The van der Waals surface area contributed by atoms with E-state index >= 15 is 0 Å². The van der Waals surface area contributed by atoms with E-state index in [1.165, 1.54) is 6.07 Å². The van der Waals surface area contributed by atoms with E-state index in [0.717, 1.165) is 22.3 Å². The van der Waals surface area contributed by atoms with Crippen LogP contribution in [-0.4, -0.2) is 34.0 Å². The highest BCUT2D eigenvalue weighted by Gasteiger charge is 2.19. The number of carbonyl (C=O) groups is 1. The van der Waals surface area contributed by atoms with Gasteiger partial charge in [0.05, 0.1) is 4.92 Å². The quantitative estimate of drug-likeness (QED) is 0.263. The van der Waals surface area contributed by atoms with Crippen molar-refractivity contribution >= 4 is 23.4 Å². The number of rotatable bonds is 12. The van der Waals surface area contributed by atoms with Crippen LogP contribution in [0.15, 0.2) is 66.7 Å². The van der Waals surface area contributed by atoms with E-state index in [0.29, 0.717) is 17.7 Å². The van der Waals surface area contributed by atoms with Crippen molar-refractivity contribution in [3.8, 4) is 16.9 Å². The van der Waals surface area contributed by atoms with Crippen LogP contribution in [0.4, 0.5) is 5.69 Å². The van der Waals surface area contributed by atoms with Crippen LogP contribution in [0.25, 0.3) is 11.1 Å². The van der Waals surface area contributed by atoms with Gasteiger partial charge in [-0.05, 0) is 59.2 Å². The van der Waals surface area contributed by atoms with Crippen molar-refractivity contribution in [3.63, 3.8) is 0 Å². The summed E-state index contributed by atoms with van der Waals surface area (Å²) >= 11 is 1.57. The fourth-order valence-electron chi connectivity index (χ4n) is 3.65. The SMILES string of the molecule is CSCC[C@H](NCc1ccc(OCc2cccc(-c3ccccc3)c2C)c([N+](=O)[O-])c1)C(=O)O. The van der Waals surface area contributed by atoms with Crippen molar-refractivity contribution in [2.24, 2.45) is 0 Å². The molecule has 0 aliphatic carbocycles. The average molecular weight is 481 g/mol. The number of hydrogen-bond donors (Lipinski definition) is 2. The first kappa shape index (κ1) is 25.3. The molecule has 0 heterocycles. The van der Waals surface area contributed by atoms with Crippen LogP contribution in [0, 0.1) is 17.0 Å². The minimum absolute atomic E-state index is 0.146. The van der Waals surface area contributed by atoms with Gasteiger partial charge in [-0.25, -0.2) is 0 Å². The summed E-state index contributed by atoms with van der Waals surface area (Å²) in [5, 5.41) is 24.0. The molecule has 0 aromatic heterocycles. The molecular formula is C26H28N2O5S.